The normalized spacial score (nSPS) is 21.8. The number of ether oxygens (including phenoxy) is 2. The topological polar surface area (TPSA) is 109 Å². The standard InChI is InChI=1S/C18H22N2O2S.2C2HF3O2/c1-3-16(10-19-6-1)22-17-9-18(21-12-17)5-2-7-20(14-18)11-15-4-8-23-13-15;2*3-2(4,5)1(6)7/h1,3-4,6,8,10,13,17H,2,5,7,9,11-12,14H2;2*(H,6,7)/t17-,18-;;/m0../s1. The van der Waals surface area contributed by atoms with Crippen LogP contribution in [0.1, 0.15) is 24.8 Å². The van der Waals surface area contributed by atoms with Crippen LogP contribution in [-0.4, -0.2) is 75.8 Å². The molecule has 2 aliphatic rings. The van der Waals surface area contributed by atoms with E-state index in [4.69, 9.17) is 29.3 Å². The number of aliphatic carboxylic acids is 2. The fourth-order valence-corrected chi connectivity index (χ4v) is 4.40. The maximum atomic E-state index is 10.6. The van der Waals surface area contributed by atoms with Gasteiger partial charge in [-0.05, 0) is 53.9 Å². The summed E-state index contributed by atoms with van der Waals surface area (Å²) in [5.74, 6) is -4.68. The molecule has 2 fully saturated rings. The summed E-state index contributed by atoms with van der Waals surface area (Å²) in [6, 6.07) is 6.08. The van der Waals surface area contributed by atoms with Crippen molar-refractivity contribution in [2.24, 2.45) is 0 Å². The quantitative estimate of drug-likeness (QED) is 0.524. The zero-order valence-corrected chi connectivity index (χ0v) is 20.0. The summed E-state index contributed by atoms with van der Waals surface area (Å²) in [7, 11) is 0. The molecule has 1 spiro atoms. The number of halogens is 6. The third-order valence-corrected chi connectivity index (χ3v) is 5.93. The van der Waals surface area contributed by atoms with Crippen LogP contribution >= 0.6 is 11.3 Å². The van der Waals surface area contributed by atoms with Crippen molar-refractivity contribution in [3.63, 3.8) is 0 Å². The highest BCUT2D eigenvalue weighted by Gasteiger charge is 2.44. The van der Waals surface area contributed by atoms with Crippen LogP contribution < -0.4 is 4.74 Å². The average Bonchev–Trinajstić information content (AvgIpc) is 3.44. The molecule has 2 N–H and O–H groups in total. The number of piperidine rings is 1. The van der Waals surface area contributed by atoms with Crippen LogP contribution in [0.5, 0.6) is 5.75 Å². The summed E-state index contributed by atoms with van der Waals surface area (Å²) in [6.07, 6.45) is -3.18. The van der Waals surface area contributed by atoms with Gasteiger partial charge in [-0.1, -0.05) is 0 Å². The monoisotopic (exact) mass is 558 g/mol. The first-order valence-corrected chi connectivity index (χ1v) is 11.7. The fraction of sp³-hybridized carbons (Fsp3) is 0.500. The van der Waals surface area contributed by atoms with Gasteiger partial charge in [-0.3, -0.25) is 9.88 Å². The molecule has 37 heavy (non-hydrogen) atoms. The third kappa shape index (κ3) is 10.5. The second kappa shape index (κ2) is 13.1. The number of rotatable bonds is 4. The van der Waals surface area contributed by atoms with E-state index in [1.807, 2.05) is 12.1 Å². The van der Waals surface area contributed by atoms with Gasteiger partial charge < -0.3 is 19.7 Å². The van der Waals surface area contributed by atoms with Crippen molar-refractivity contribution in [1.29, 1.82) is 0 Å². The lowest BCUT2D eigenvalue weighted by atomic mass is 9.89. The highest BCUT2D eigenvalue weighted by molar-refractivity contribution is 7.07. The Labute approximate surface area is 211 Å². The van der Waals surface area contributed by atoms with Gasteiger partial charge in [0.2, 0.25) is 0 Å². The van der Waals surface area contributed by atoms with E-state index in [1.165, 1.54) is 12.0 Å². The van der Waals surface area contributed by atoms with Crippen molar-refractivity contribution in [2.75, 3.05) is 19.7 Å². The Morgan fingerprint density at radius 1 is 1.16 bits per heavy atom. The van der Waals surface area contributed by atoms with Crippen molar-refractivity contribution in [2.45, 2.75) is 49.9 Å². The van der Waals surface area contributed by atoms with Crippen molar-refractivity contribution < 1.29 is 55.6 Å². The van der Waals surface area contributed by atoms with E-state index in [0.717, 1.165) is 38.2 Å². The molecule has 206 valence electrons. The summed E-state index contributed by atoms with van der Waals surface area (Å²) in [4.78, 5) is 24.4. The van der Waals surface area contributed by atoms with Crippen molar-refractivity contribution >= 4 is 23.3 Å². The van der Waals surface area contributed by atoms with E-state index in [0.29, 0.717) is 6.61 Å². The molecular weight excluding hydrogens is 534 g/mol. The molecule has 0 bridgehead atoms. The Balaban J connectivity index is 0.000000286. The van der Waals surface area contributed by atoms with Gasteiger partial charge in [-0.2, -0.15) is 37.7 Å². The molecule has 15 heteroatoms. The number of carboxylic acid groups (broad SMARTS) is 2. The lowest BCUT2D eigenvalue weighted by molar-refractivity contribution is -0.193. The first-order chi connectivity index (χ1) is 17.2. The van der Waals surface area contributed by atoms with Gasteiger partial charge in [0.25, 0.3) is 0 Å². The summed E-state index contributed by atoms with van der Waals surface area (Å²) in [5.41, 5.74) is 1.38. The van der Waals surface area contributed by atoms with Gasteiger partial charge in [0.1, 0.15) is 11.9 Å². The number of thiophene rings is 1. The number of carbonyl (C=O) groups is 2. The Hall–Kier alpha value is -2.91. The minimum absolute atomic E-state index is 0.0266. The number of aromatic nitrogens is 1. The van der Waals surface area contributed by atoms with E-state index < -0.39 is 24.3 Å². The van der Waals surface area contributed by atoms with Gasteiger partial charge in [0.05, 0.1) is 18.4 Å². The highest BCUT2D eigenvalue weighted by atomic mass is 32.1. The molecule has 8 nitrogen and oxygen atoms in total. The van der Waals surface area contributed by atoms with E-state index in [-0.39, 0.29) is 11.7 Å². The molecule has 0 aliphatic carbocycles. The van der Waals surface area contributed by atoms with Crippen LogP contribution in [0.15, 0.2) is 41.4 Å². The minimum Gasteiger partial charge on any atom is -0.486 e. The Bertz CT molecular complexity index is 966. The van der Waals surface area contributed by atoms with Gasteiger partial charge in [0, 0.05) is 25.7 Å². The summed E-state index contributed by atoms with van der Waals surface area (Å²) < 4.78 is 75.7. The second-order valence-electron chi connectivity index (χ2n) is 8.18. The maximum Gasteiger partial charge on any atom is 0.490 e. The molecule has 4 heterocycles. The van der Waals surface area contributed by atoms with Gasteiger partial charge in [0.15, 0.2) is 0 Å². The van der Waals surface area contributed by atoms with E-state index in [2.05, 4.69) is 26.7 Å². The van der Waals surface area contributed by atoms with Crippen LogP contribution in [0.25, 0.3) is 0 Å². The van der Waals surface area contributed by atoms with Gasteiger partial charge in [-0.25, -0.2) is 9.59 Å². The summed E-state index contributed by atoms with van der Waals surface area (Å²) >= 11 is 1.77. The minimum atomic E-state index is -5.08. The maximum absolute atomic E-state index is 10.6. The van der Waals surface area contributed by atoms with E-state index in [9.17, 15) is 26.3 Å². The molecule has 0 saturated carbocycles. The first kappa shape index (κ1) is 30.3. The largest absolute Gasteiger partial charge is 0.490 e. The molecule has 0 aromatic carbocycles. The molecule has 2 aromatic rings. The molecule has 0 radical (unpaired) electrons. The molecule has 2 aromatic heterocycles. The number of likely N-dealkylation sites (tertiary alicyclic amines) is 1. The van der Waals surface area contributed by atoms with Crippen LogP contribution in [-0.2, 0) is 20.9 Å². The Kier molecular flexibility index (Phi) is 10.7. The van der Waals surface area contributed by atoms with Crippen molar-refractivity contribution in [3.8, 4) is 5.75 Å². The molecule has 0 amide bonds. The van der Waals surface area contributed by atoms with Crippen molar-refractivity contribution in [1.82, 2.24) is 9.88 Å². The fourth-order valence-electron chi connectivity index (χ4n) is 3.74. The predicted molar refractivity (Wildman–Crippen MR) is 118 cm³/mol. The van der Waals surface area contributed by atoms with Gasteiger partial charge in [-0.15, -0.1) is 0 Å². The number of carboxylic acids is 2. The lowest BCUT2D eigenvalue weighted by Crippen LogP contribution is -2.47. The first-order valence-electron chi connectivity index (χ1n) is 10.7. The summed E-state index contributed by atoms with van der Waals surface area (Å²) in [6.45, 7) is 3.88. The lowest BCUT2D eigenvalue weighted by Gasteiger charge is -2.39. The second-order valence-corrected chi connectivity index (χ2v) is 8.96. The molecule has 2 atom stereocenters. The van der Waals surface area contributed by atoms with E-state index >= 15 is 0 Å². The molecule has 4 rings (SSSR count). The molecule has 2 saturated heterocycles. The zero-order valence-electron chi connectivity index (χ0n) is 19.2. The number of hydrogen-bond donors (Lipinski definition) is 2. The average molecular weight is 558 g/mol. The predicted octanol–water partition coefficient (Wildman–Crippen LogP) is 4.61. The zero-order chi connectivity index (χ0) is 27.7. The number of hydrogen-bond acceptors (Lipinski definition) is 7. The number of alkyl halides is 6. The number of nitrogens with zero attached hydrogens (tertiary/aromatic N) is 2. The van der Waals surface area contributed by atoms with Crippen molar-refractivity contribution in [3.05, 3.63) is 46.9 Å². The van der Waals surface area contributed by atoms with Crippen LogP contribution in [0, 0.1) is 0 Å². The van der Waals surface area contributed by atoms with E-state index in [1.54, 1.807) is 23.7 Å². The molecule has 2 aliphatic heterocycles. The Morgan fingerprint density at radius 2 is 1.81 bits per heavy atom. The number of pyridine rings is 1. The smallest absolute Gasteiger partial charge is 0.486 e. The molecule has 0 unspecified atom stereocenters. The highest BCUT2D eigenvalue weighted by Crippen LogP contribution is 2.36. The SMILES string of the molecule is O=C(O)C(F)(F)F.O=C(O)C(F)(F)F.c1cncc(O[C@@H]2CO[C@@]3(CCCN(Cc4ccsc4)C3)C2)c1. The summed E-state index contributed by atoms with van der Waals surface area (Å²) in [5, 5.41) is 18.6. The van der Waals surface area contributed by atoms with Gasteiger partial charge >= 0.3 is 24.3 Å². The Morgan fingerprint density at radius 3 is 2.32 bits per heavy atom. The van der Waals surface area contributed by atoms with Crippen LogP contribution in [0.3, 0.4) is 0 Å². The molecular formula is C22H24F6N2O6S. The van der Waals surface area contributed by atoms with Crippen LogP contribution in [0.2, 0.25) is 0 Å². The third-order valence-electron chi connectivity index (χ3n) is 5.20. The van der Waals surface area contributed by atoms with Crippen LogP contribution in [0.4, 0.5) is 26.3 Å².